The van der Waals surface area contributed by atoms with Crippen LogP contribution < -0.4 is 10.6 Å². The zero-order valence-electron chi connectivity index (χ0n) is 13.5. The molecule has 0 spiro atoms. The number of nitrogens with zero attached hydrogens (tertiary/aromatic N) is 2. The first-order chi connectivity index (χ1) is 10.4. The van der Waals surface area contributed by atoms with Crippen LogP contribution in [0.4, 0.5) is 5.69 Å². The van der Waals surface area contributed by atoms with Gasteiger partial charge in [0.1, 0.15) is 6.04 Å². The monoisotopic (exact) mass is 303 g/mol. The van der Waals surface area contributed by atoms with Crippen molar-refractivity contribution >= 4 is 17.5 Å². The number of amides is 2. The maximum Gasteiger partial charge on any atom is 0.249 e. The van der Waals surface area contributed by atoms with E-state index in [4.69, 9.17) is 5.73 Å². The molecule has 0 bridgehead atoms. The summed E-state index contributed by atoms with van der Waals surface area (Å²) < 4.78 is 0. The smallest absolute Gasteiger partial charge is 0.249 e. The second-order valence-corrected chi connectivity index (χ2v) is 6.20. The number of hydrogen-bond donors (Lipinski definition) is 1. The molecule has 0 aromatic heterocycles. The predicted molar refractivity (Wildman–Crippen MR) is 87.4 cm³/mol. The van der Waals surface area contributed by atoms with Crippen molar-refractivity contribution in [3.8, 4) is 0 Å². The average Bonchev–Trinajstić information content (AvgIpc) is 2.53. The van der Waals surface area contributed by atoms with Crippen LogP contribution >= 0.6 is 0 Å². The Morgan fingerprint density at radius 1 is 1.32 bits per heavy atom. The van der Waals surface area contributed by atoms with Gasteiger partial charge >= 0.3 is 0 Å². The quantitative estimate of drug-likeness (QED) is 0.919. The van der Waals surface area contributed by atoms with Gasteiger partial charge in [0.2, 0.25) is 11.8 Å². The molecule has 1 fully saturated rings. The first kappa shape index (κ1) is 16.5. The molecule has 1 heterocycles. The van der Waals surface area contributed by atoms with E-state index in [1.54, 1.807) is 11.9 Å². The fourth-order valence-electron chi connectivity index (χ4n) is 2.75. The molecule has 0 aliphatic carbocycles. The van der Waals surface area contributed by atoms with Gasteiger partial charge in [-0.3, -0.25) is 9.59 Å². The molecule has 5 heteroatoms. The van der Waals surface area contributed by atoms with Crippen LogP contribution in [0.5, 0.6) is 0 Å². The van der Waals surface area contributed by atoms with Gasteiger partial charge in [-0.1, -0.05) is 32.0 Å². The van der Waals surface area contributed by atoms with Crippen LogP contribution in [-0.2, 0) is 9.59 Å². The number of carbonyl (C=O) groups excluding carboxylic acids is 2. The maximum atomic E-state index is 12.8. The summed E-state index contributed by atoms with van der Waals surface area (Å²) in [7, 11) is 1.68. The van der Waals surface area contributed by atoms with Gasteiger partial charge in [-0.15, -0.1) is 0 Å². The van der Waals surface area contributed by atoms with Crippen LogP contribution in [-0.4, -0.2) is 42.4 Å². The Morgan fingerprint density at radius 3 is 2.55 bits per heavy atom. The van der Waals surface area contributed by atoms with Crippen molar-refractivity contribution in [1.29, 1.82) is 0 Å². The van der Waals surface area contributed by atoms with Crippen molar-refractivity contribution in [2.24, 2.45) is 11.7 Å². The minimum Gasteiger partial charge on any atom is -0.332 e. The second kappa shape index (κ2) is 6.92. The maximum absolute atomic E-state index is 12.8. The van der Waals surface area contributed by atoms with Crippen LogP contribution in [0.25, 0.3) is 0 Å². The summed E-state index contributed by atoms with van der Waals surface area (Å²) in [5.41, 5.74) is 6.82. The fraction of sp³-hybridized carbons (Fsp3) is 0.529. The number of piperidine rings is 1. The van der Waals surface area contributed by atoms with Gasteiger partial charge in [0.05, 0.1) is 6.04 Å². The summed E-state index contributed by atoms with van der Waals surface area (Å²) in [6, 6.07) is 8.60. The van der Waals surface area contributed by atoms with Crippen molar-refractivity contribution in [1.82, 2.24) is 4.90 Å². The van der Waals surface area contributed by atoms with Crippen LogP contribution in [0.1, 0.15) is 26.7 Å². The van der Waals surface area contributed by atoms with Crippen molar-refractivity contribution in [2.45, 2.75) is 38.8 Å². The Hall–Kier alpha value is -1.88. The molecule has 5 nitrogen and oxygen atoms in total. The third-order valence-electron chi connectivity index (χ3n) is 4.30. The highest BCUT2D eigenvalue weighted by Crippen LogP contribution is 2.23. The number of para-hydroxylation sites is 1. The van der Waals surface area contributed by atoms with Gasteiger partial charge in [-0.2, -0.15) is 0 Å². The van der Waals surface area contributed by atoms with Crippen LogP contribution in [0.3, 0.4) is 0 Å². The number of anilines is 1. The Bertz CT molecular complexity index is 530. The van der Waals surface area contributed by atoms with Gasteiger partial charge in [-0.25, -0.2) is 0 Å². The average molecular weight is 303 g/mol. The molecule has 2 rings (SSSR count). The van der Waals surface area contributed by atoms with Crippen molar-refractivity contribution in [3.05, 3.63) is 30.3 Å². The lowest BCUT2D eigenvalue weighted by molar-refractivity contribution is -0.140. The van der Waals surface area contributed by atoms with E-state index in [1.807, 2.05) is 44.2 Å². The lowest BCUT2D eigenvalue weighted by atomic mass is 9.99. The molecule has 120 valence electrons. The first-order valence-corrected chi connectivity index (χ1v) is 7.82. The molecule has 1 aromatic carbocycles. The van der Waals surface area contributed by atoms with Gasteiger partial charge in [0.15, 0.2) is 0 Å². The summed E-state index contributed by atoms with van der Waals surface area (Å²) in [5, 5.41) is 0. The van der Waals surface area contributed by atoms with Gasteiger partial charge in [0.25, 0.3) is 0 Å². The molecular weight excluding hydrogens is 278 g/mol. The lowest BCUT2D eigenvalue weighted by Gasteiger charge is -2.38. The second-order valence-electron chi connectivity index (χ2n) is 6.20. The van der Waals surface area contributed by atoms with Crippen LogP contribution in [0.2, 0.25) is 0 Å². The van der Waals surface area contributed by atoms with E-state index in [1.165, 1.54) is 4.90 Å². The largest absolute Gasteiger partial charge is 0.332 e. The number of rotatable bonds is 4. The molecular formula is C17H25N3O2. The van der Waals surface area contributed by atoms with Crippen molar-refractivity contribution in [3.63, 3.8) is 0 Å². The van der Waals surface area contributed by atoms with E-state index in [2.05, 4.69) is 0 Å². The minimum atomic E-state index is -0.565. The van der Waals surface area contributed by atoms with E-state index < -0.39 is 12.1 Å². The number of nitrogens with two attached hydrogens (primary N) is 1. The highest BCUT2D eigenvalue weighted by molar-refractivity contribution is 6.00. The number of benzene rings is 1. The van der Waals surface area contributed by atoms with Gasteiger partial charge in [-0.05, 0) is 30.9 Å². The van der Waals surface area contributed by atoms with E-state index in [9.17, 15) is 9.59 Å². The highest BCUT2D eigenvalue weighted by Gasteiger charge is 2.36. The van der Waals surface area contributed by atoms with Gasteiger partial charge < -0.3 is 15.5 Å². The molecule has 1 aromatic rings. The molecule has 2 amide bonds. The molecule has 22 heavy (non-hydrogen) atoms. The Labute approximate surface area is 132 Å². The van der Waals surface area contributed by atoms with Gasteiger partial charge in [0, 0.05) is 19.3 Å². The summed E-state index contributed by atoms with van der Waals surface area (Å²) >= 11 is 0. The molecule has 1 unspecified atom stereocenters. The Balaban J connectivity index is 2.15. The molecule has 2 N–H and O–H groups in total. The molecule has 2 atom stereocenters. The predicted octanol–water partition coefficient (Wildman–Crippen LogP) is 1.62. The first-order valence-electron chi connectivity index (χ1n) is 7.82. The summed E-state index contributed by atoms with van der Waals surface area (Å²) in [6.07, 6.45) is 1.56. The molecule has 0 radical (unpaired) electrons. The minimum absolute atomic E-state index is 0.0238. The summed E-state index contributed by atoms with van der Waals surface area (Å²) in [4.78, 5) is 28.5. The van der Waals surface area contributed by atoms with E-state index >= 15 is 0 Å². The van der Waals surface area contributed by atoms with E-state index in [0.717, 1.165) is 12.1 Å². The molecule has 1 saturated heterocycles. The third kappa shape index (κ3) is 3.30. The zero-order chi connectivity index (χ0) is 16.3. The van der Waals surface area contributed by atoms with E-state index in [0.29, 0.717) is 13.0 Å². The topological polar surface area (TPSA) is 66.6 Å². The summed E-state index contributed by atoms with van der Waals surface area (Å²) in [5.74, 6) is -0.133. The molecule has 1 aliphatic rings. The standard InChI is InChI=1S/C17H25N3O2/c1-12(2)15(18)17(22)19(3)14-10-7-11-20(16(14)21)13-8-5-4-6-9-13/h4-6,8-9,12,14-15H,7,10-11,18H2,1-3H3/t14?,15-/m0/s1. The highest BCUT2D eigenvalue weighted by atomic mass is 16.2. The Kier molecular flexibility index (Phi) is 5.19. The van der Waals surface area contributed by atoms with Crippen molar-refractivity contribution < 1.29 is 9.59 Å². The van der Waals surface area contributed by atoms with Crippen molar-refractivity contribution in [2.75, 3.05) is 18.5 Å². The number of hydrogen-bond acceptors (Lipinski definition) is 3. The van der Waals surface area contributed by atoms with Crippen LogP contribution in [0, 0.1) is 5.92 Å². The third-order valence-corrected chi connectivity index (χ3v) is 4.30. The SMILES string of the molecule is CC(C)[C@H](N)C(=O)N(C)C1CCCN(c2ccccc2)C1=O. The molecule has 0 saturated carbocycles. The fourth-order valence-corrected chi connectivity index (χ4v) is 2.75. The zero-order valence-corrected chi connectivity index (χ0v) is 13.5. The summed E-state index contributed by atoms with van der Waals surface area (Å²) in [6.45, 7) is 4.52. The number of carbonyl (C=O) groups is 2. The molecule has 1 aliphatic heterocycles. The van der Waals surface area contributed by atoms with E-state index in [-0.39, 0.29) is 17.7 Å². The normalized spacial score (nSPS) is 20.1. The lowest BCUT2D eigenvalue weighted by Crippen LogP contribution is -2.56. The van der Waals surface area contributed by atoms with Crippen LogP contribution in [0.15, 0.2) is 30.3 Å². The number of likely N-dealkylation sites (N-methyl/N-ethyl adjacent to an activating group) is 1. The Morgan fingerprint density at radius 2 is 1.95 bits per heavy atom.